The molecule has 0 spiro atoms. The highest BCUT2D eigenvalue weighted by atomic mass is 16.6. The quantitative estimate of drug-likeness (QED) is 0.476. The van der Waals surface area contributed by atoms with E-state index in [9.17, 15) is 14.9 Å². The number of carbonyl (C=O) groups is 1. The summed E-state index contributed by atoms with van der Waals surface area (Å²) in [6.07, 6.45) is 2.74. The Morgan fingerprint density at radius 2 is 2.15 bits per heavy atom. The first kappa shape index (κ1) is 19.1. The Bertz CT molecular complexity index is 851. The van der Waals surface area contributed by atoms with E-state index in [1.807, 2.05) is 13.0 Å². The lowest BCUT2D eigenvalue weighted by Gasteiger charge is -2.40. The molecule has 6 nitrogen and oxygen atoms in total. The molecule has 0 aromatic heterocycles. The van der Waals surface area contributed by atoms with E-state index < -0.39 is 4.92 Å². The zero-order valence-electron chi connectivity index (χ0n) is 16.3. The van der Waals surface area contributed by atoms with Crippen molar-refractivity contribution in [1.82, 2.24) is 5.32 Å². The van der Waals surface area contributed by atoms with Crippen LogP contribution in [0.3, 0.4) is 0 Å². The number of ether oxygens (including phenoxy) is 1. The molecule has 1 aliphatic carbocycles. The fraction of sp³-hybridized carbons (Fsp3) is 0.476. The third-order valence-corrected chi connectivity index (χ3v) is 5.40. The molecule has 6 heteroatoms. The first-order valence-electron chi connectivity index (χ1n) is 9.34. The number of non-ortho nitro benzene ring substituents is 1. The molecule has 1 unspecified atom stereocenters. The number of nitrogens with one attached hydrogen (secondary N) is 1. The van der Waals surface area contributed by atoms with Gasteiger partial charge in [0.2, 0.25) is 0 Å². The second-order valence-electron chi connectivity index (χ2n) is 8.01. The van der Waals surface area contributed by atoms with Gasteiger partial charge in [-0.05, 0) is 49.7 Å². The van der Waals surface area contributed by atoms with Gasteiger partial charge in [-0.1, -0.05) is 26.0 Å². The predicted molar refractivity (Wildman–Crippen MR) is 103 cm³/mol. The lowest BCUT2D eigenvalue weighted by atomic mass is 9.69. The van der Waals surface area contributed by atoms with E-state index in [1.165, 1.54) is 6.07 Å². The van der Waals surface area contributed by atoms with E-state index in [1.54, 1.807) is 19.1 Å². The molecular formula is C21H26N2O4. The Balaban J connectivity index is 2.14. The molecule has 0 bridgehead atoms. The van der Waals surface area contributed by atoms with Crippen molar-refractivity contribution in [3.8, 4) is 0 Å². The van der Waals surface area contributed by atoms with Gasteiger partial charge in [0.25, 0.3) is 5.69 Å². The van der Waals surface area contributed by atoms with Crippen molar-refractivity contribution in [2.75, 3.05) is 6.61 Å². The van der Waals surface area contributed by atoms with Crippen molar-refractivity contribution < 1.29 is 14.5 Å². The van der Waals surface area contributed by atoms with Gasteiger partial charge in [-0.2, -0.15) is 0 Å². The summed E-state index contributed by atoms with van der Waals surface area (Å²) in [6.45, 7) is 8.42. The number of allylic oxidation sites excluding steroid dienone is 3. The third kappa shape index (κ3) is 3.75. The molecule has 1 atom stereocenters. The summed E-state index contributed by atoms with van der Waals surface area (Å²) >= 11 is 0. The molecule has 1 heterocycles. The summed E-state index contributed by atoms with van der Waals surface area (Å²) in [5.74, 6) is -0.674. The predicted octanol–water partition coefficient (Wildman–Crippen LogP) is 4.58. The Morgan fingerprint density at radius 1 is 1.41 bits per heavy atom. The zero-order chi connectivity index (χ0) is 19.8. The summed E-state index contributed by atoms with van der Waals surface area (Å²) in [6, 6.07) is 6.60. The number of carbonyl (C=O) groups excluding carboxylic acids is 1. The summed E-state index contributed by atoms with van der Waals surface area (Å²) < 4.78 is 5.31. The molecule has 2 aliphatic rings. The minimum atomic E-state index is -0.398. The van der Waals surface area contributed by atoms with Crippen LogP contribution >= 0.6 is 0 Å². The highest BCUT2D eigenvalue weighted by molar-refractivity contribution is 5.92. The summed E-state index contributed by atoms with van der Waals surface area (Å²) in [5, 5.41) is 14.7. The molecule has 0 amide bonds. The summed E-state index contributed by atoms with van der Waals surface area (Å²) in [4.78, 5) is 23.6. The minimum absolute atomic E-state index is 0.0326. The fourth-order valence-electron chi connectivity index (χ4n) is 4.10. The molecule has 1 aromatic carbocycles. The standard InChI is InChI=1S/C21H26N2O4/c1-5-27-20(24)18-13(2)22-17-12-21(3,4)10-9-16(17)19(18)14-7-6-8-15(11-14)23(25)26/h6-8,11,19,22H,5,9-10,12H2,1-4H3. The van der Waals surface area contributed by atoms with Crippen molar-refractivity contribution in [1.29, 1.82) is 0 Å². The number of hydrogen-bond acceptors (Lipinski definition) is 5. The number of rotatable bonds is 4. The summed E-state index contributed by atoms with van der Waals surface area (Å²) in [5.41, 5.74) is 4.57. The highest BCUT2D eigenvalue weighted by Gasteiger charge is 2.39. The molecule has 0 saturated carbocycles. The largest absolute Gasteiger partial charge is 0.463 e. The van der Waals surface area contributed by atoms with Gasteiger partial charge >= 0.3 is 5.97 Å². The monoisotopic (exact) mass is 370 g/mol. The number of benzene rings is 1. The van der Waals surface area contributed by atoms with Crippen LogP contribution in [0.2, 0.25) is 0 Å². The normalized spacial score (nSPS) is 21.4. The maximum absolute atomic E-state index is 12.7. The average molecular weight is 370 g/mol. The Labute approximate surface area is 159 Å². The average Bonchev–Trinajstić information content (AvgIpc) is 2.59. The van der Waals surface area contributed by atoms with Gasteiger partial charge in [0.05, 0.1) is 17.1 Å². The highest BCUT2D eigenvalue weighted by Crippen LogP contribution is 2.48. The van der Waals surface area contributed by atoms with Crippen LogP contribution in [-0.4, -0.2) is 17.5 Å². The van der Waals surface area contributed by atoms with Gasteiger partial charge in [-0.25, -0.2) is 4.79 Å². The molecule has 3 rings (SSSR count). The molecule has 1 aromatic rings. The van der Waals surface area contributed by atoms with Crippen molar-refractivity contribution in [3.05, 3.63) is 62.5 Å². The van der Waals surface area contributed by atoms with E-state index in [2.05, 4.69) is 19.2 Å². The molecule has 27 heavy (non-hydrogen) atoms. The van der Waals surface area contributed by atoms with E-state index in [0.29, 0.717) is 5.57 Å². The maximum Gasteiger partial charge on any atom is 0.336 e. The van der Waals surface area contributed by atoms with Crippen LogP contribution in [0.5, 0.6) is 0 Å². The van der Waals surface area contributed by atoms with Crippen LogP contribution in [0.25, 0.3) is 0 Å². The number of nitro benzene ring substituents is 1. The van der Waals surface area contributed by atoms with Gasteiger partial charge in [-0.3, -0.25) is 10.1 Å². The number of nitro groups is 1. The second-order valence-corrected chi connectivity index (χ2v) is 8.01. The van der Waals surface area contributed by atoms with Crippen LogP contribution < -0.4 is 5.32 Å². The van der Waals surface area contributed by atoms with E-state index >= 15 is 0 Å². The first-order valence-corrected chi connectivity index (χ1v) is 9.34. The fourth-order valence-corrected chi connectivity index (χ4v) is 4.10. The molecule has 0 radical (unpaired) electrons. The molecule has 1 aliphatic heterocycles. The van der Waals surface area contributed by atoms with Crippen molar-refractivity contribution >= 4 is 11.7 Å². The van der Waals surface area contributed by atoms with Gasteiger partial charge in [-0.15, -0.1) is 0 Å². The Hall–Kier alpha value is -2.63. The van der Waals surface area contributed by atoms with Gasteiger partial charge in [0.1, 0.15) is 0 Å². The number of hydrogen-bond donors (Lipinski definition) is 1. The molecule has 0 fully saturated rings. The molecular weight excluding hydrogens is 344 g/mol. The molecule has 144 valence electrons. The Kier molecular flexibility index (Phi) is 5.09. The van der Waals surface area contributed by atoms with Gasteiger partial charge in [0.15, 0.2) is 0 Å². The van der Waals surface area contributed by atoms with Crippen LogP contribution in [0.15, 0.2) is 46.8 Å². The van der Waals surface area contributed by atoms with Crippen LogP contribution in [0.1, 0.15) is 58.4 Å². The van der Waals surface area contributed by atoms with Crippen molar-refractivity contribution in [2.24, 2.45) is 5.41 Å². The van der Waals surface area contributed by atoms with Crippen molar-refractivity contribution in [2.45, 2.75) is 52.9 Å². The number of dihydropyridines is 1. The van der Waals surface area contributed by atoms with E-state index in [0.717, 1.165) is 41.8 Å². The van der Waals surface area contributed by atoms with E-state index in [4.69, 9.17) is 4.74 Å². The molecule has 1 N–H and O–H groups in total. The smallest absolute Gasteiger partial charge is 0.336 e. The van der Waals surface area contributed by atoms with Crippen LogP contribution in [-0.2, 0) is 9.53 Å². The minimum Gasteiger partial charge on any atom is -0.463 e. The molecule has 0 saturated heterocycles. The second kappa shape index (κ2) is 7.18. The first-order chi connectivity index (χ1) is 12.7. The van der Waals surface area contributed by atoms with Crippen LogP contribution in [0, 0.1) is 15.5 Å². The number of esters is 1. The maximum atomic E-state index is 12.7. The zero-order valence-corrected chi connectivity index (χ0v) is 16.3. The van der Waals surface area contributed by atoms with Gasteiger partial charge in [0, 0.05) is 29.4 Å². The topological polar surface area (TPSA) is 81.5 Å². The SMILES string of the molecule is CCOC(=O)C1=C(C)NC2=C(CCC(C)(C)C2)C1c1cccc([N+](=O)[O-])c1. The Morgan fingerprint density at radius 3 is 2.81 bits per heavy atom. The lowest BCUT2D eigenvalue weighted by molar-refractivity contribution is -0.384. The van der Waals surface area contributed by atoms with Crippen molar-refractivity contribution in [3.63, 3.8) is 0 Å². The van der Waals surface area contributed by atoms with Crippen LogP contribution in [0.4, 0.5) is 5.69 Å². The lowest BCUT2D eigenvalue weighted by Crippen LogP contribution is -2.34. The third-order valence-electron chi connectivity index (χ3n) is 5.40. The van der Waals surface area contributed by atoms with Gasteiger partial charge < -0.3 is 10.1 Å². The van der Waals surface area contributed by atoms with E-state index in [-0.39, 0.29) is 29.6 Å². The number of nitrogens with zero attached hydrogens (tertiary/aromatic N) is 1. The summed E-state index contributed by atoms with van der Waals surface area (Å²) in [7, 11) is 0.